The predicted octanol–water partition coefficient (Wildman–Crippen LogP) is 4.25. The summed E-state index contributed by atoms with van der Waals surface area (Å²) in [6.07, 6.45) is 3.78. The van der Waals surface area contributed by atoms with Crippen molar-refractivity contribution in [1.29, 1.82) is 0 Å². The molecule has 0 saturated carbocycles. The fourth-order valence-corrected chi connectivity index (χ4v) is 5.25. The van der Waals surface area contributed by atoms with Crippen LogP contribution in [0.15, 0.2) is 59.6 Å². The molecule has 0 amide bonds. The zero-order chi connectivity index (χ0) is 23.4. The van der Waals surface area contributed by atoms with Crippen LogP contribution in [0.5, 0.6) is 11.5 Å². The number of nitrogens with one attached hydrogen (secondary N) is 1. The average molecular weight is 490 g/mol. The summed E-state index contributed by atoms with van der Waals surface area (Å²) in [6, 6.07) is 12.7. The maximum atomic E-state index is 13.0. The lowest BCUT2D eigenvalue weighted by atomic mass is 9.94. The largest absolute Gasteiger partial charge is 0.465 e. The van der Waals surface area contributed by atoms with Crippen molar-refractivity contribution in [1.82, 2.24) is 14.5 Å². The first-order valence-electron chi connectivity index (χ1n) is 10.6. The molecule has 0 aliphatic heterocycles. The van der Waals surface area contributed by atoms with Gasteiger partial charge in [0.2, 0.25) is 10.0 Å². The Hall–Kier alpha value is -2.88. The summed E-state index contributed by atoms with van der Waals surface area (Å²) >= 11 is 5.97. The van der Waals surface area contributed by atoms with Gasteiger partial charge in [0.15, 0.2) is 0 Å². The van der Waals surface area contributed by atoms with Crippen LogP contribution >= 0.6 is 11.6 Å². The van der Waals surface area contributed by atoms with Gasteiger partial charge in [0.25, 0.3) is 0 Å². The quantitative estimate of drug-likeness (QED) is 0.475. The van der Waals surface area contributed by atoms with E-state index in [1.54, 1.807) is 54.2 Å². The van der Waals surface area contributed by atoms with Crippen molar-refractivity contribution in [2.24, 2.45) is 0 Å². The second-order valence-corrected chi connectivity index (χ2v) is 9.76. The van der Waals surface area contributed by atoms with Crippen molar-refractivity contribution in [2.45, 2.75) is 43.7 Å². The van der Waals surface area contributed by atoms with Gasteiger partial charge in [-0.15, -0.1) is 0 Å². The highest BCUT2D eigenvalue weighted by molar-refractivity contribution is 7.89. The summed E-state index contributed by atoms with van der Waals surface area (Å²) in [5.74, 6) is 0.688. The molecule has 10 heteroatoms. The van der Waals surface area contributed by atoms with Crippen LogP contribution in [0, 0.1) is 0 Å². The van der Waals surface area contributed by atoms with Crippen LogP contribution in [0.4, 0.5) is 0 Å². The van der Waals surface area contributed by atoms with Crippen LogP contribution < -0.4 is 9.46 Å². The molecule has 4 rings (SSSR count). The lowest BCUT2D eigenvalue weighted by Gasteiger charge is -2.24. The van der Waals surface area contributed by atoms with E-state index in [0.29, 0.717) is 29.5 Å². The first-order chi connectivity index (χ1) is 15.9. The SMILES string of the molecule is CCOC(=O)Cn1ncc2c1CCCC2NS(=O)(=O)c1ccc(Oc2cccc(Cl)c2)cc1. The molecule has 33 heavy (non-hydrogen) atoms. The van der Waals surface area contributed by atoms with E-state index in [2.05, 4.69) is 9.82 Å². The van der Waals surface area contributed by atoms with Crippen molar-refractivity contribution in [3.05, 3.63) is 71.0 Å². The van der Waals surface area contributed by atoms with Crippen LogP contribution in [-0.4, -0.2) is 30.8 Å². The minimum Gasteiger partial charge on any atom is -0.465 e. The van der Waals surface area contributed by atoms with E-state index < -0.39 is 16.1 Å². The maximum absolute atomic E-state index is 13.0. The molecule has 0 saturated heterocycles. The number of aromatic nitrogens is 2. The Morgan fingerprint density at radius 3 is 2.73 bits per heavy atom. The third kappa shape index (κ3) is 5.55. The molecule has 1 aliphatic carbocycles. The van der Waals surface area contributed by atoms with E-state index in [9.17, 15) is 13.2 Å². The van der Waals surface area contributed by atoms with Crippen molar-refractivity contribution in [3.8, 4) is 11.5 Å². The summed E-state index contributed by atoms with van der Waals surface area (Å²) in [5, 5.41) is 4.84. The normalized spacial score (nSPS) is 15.6. The summed E-state index contributed by atoms with van der Waals surface area (Å²) in [4.78, 5) is 12.0. The molecule has 174 valence electrons. The molecular formula is C23H24ClN3O5S. The third-order valence-corrected chi connectivity index (χ3v) is 7.03. The minimum absolute atomic E-state index is 0.0106. The number of nitrogens with zero attached hydrogens (tertiary/aromatic N) is 2. The van der Waals surface area contributed by atoms with Crippen LogP contribution in [0.3, 0.4) is 0 Å². The van der Waals surface area contributed by atoms with E-state index in [-0.39, 0.29) is 17.4 Å². The van der Waals surface area contributed by atoms with E-state index in [1.165, 1.54) is 12.1 Å². The number of hydrogen-bond donors (Lipinski definition) is 1. The number of hydrogen-bond acceptors (Lipinski definition) is 6. The van der Waals surface area contributed by atoms with Gasteiger partial charge in [-0.2, -0.15) is 5.10 Å². The predicted molar refractivity (Wildman–Crippen MR) is 123 cm³/mol. The Bertz CT molecular complexity index is 1240. The van der Waals surface area contributed by atoms with Gasteiger partial charge < -0.3 is 9.47 Å². The topological polar surface area (TPSA) is 99.5 Å². The molecule has 1 atom stereocenters. The van der Waals surface area contributed by atoms with Gasteiger partial charge in [-0.25, -0.2) is 13.1 Å². The lowest BCUT2D eigenvalue weighted by Crippen LogP contribution is -2.31. The van der Waals surface area contributed by atoms with Crippen molar-refractivity contribution in [2.75, 3.05) is 6.61 Å². The van der Waals surface area contributed by atoms with Gasteiger partial charge >= 0.3 is 5.97 Å². The molecule has 0 radical (unpaired) electrons. The Morgan fingerprint density at radius 2 is 2.00 bits per heavy atom. The Balaban J connectivity index is 1.47. The molecule has 1 aliphatic rings. The van der Waals surface area contributed by atoms with Crippen molar-refractivity contribution < 1.29 is 22.7 Å². The number of carbonyl (C=O) groups excluding carboxylic acids is 1. The monoisotopic (exact) mass is 489 g/mol. The molecule has 1 unspecified atom stereocenters. The summed E-state index contributed by atoms with van der Waals surface area (Å²) in [5.41, 5.74) is 1.64. The zero-order valence-corrected chi connectivity index (χ0v) is 19.6. The molecule has 8 nitrogen and oxygen atoms in total. The second kappa shape index (κ2) is 9.94. The van der Waals surface area contributed by atoms with Crippen LogP contribution in [-0.2, 0) is 32.5 Å². The summed E-state index contributed by atoms with van der Waals surface area (Å²) in [6.45, 7) is 2.06. The van der Waals surface area contributed by atoms with Gasteiger partial charge in [-0.05, 0) is 68.7 Å². The van der Waals surface area contributed by atoms with Gasteiger partial charge in [0.05, 0.1) is 23.7 Å². The summed E-state index contributed by atoms with van der Waals surface area (Å²) < 4.78 is 41.1. The lowest BCUT2D eigenvalue weighted by molar-refractivity contribution is -0.144. The highest BCUT2D eigenvalue weighted by Gasteiger charge is 2.29. The number of sulfonamides is 1. The third-order valence-electron chi connectivity index (χ3n) is 5.31. The Kier molecular flexibility index (Phi) is 7.02. The summed E-state index contributed by atoms with van der Waals surface area (Å²) in [7, 11) is -3.78. The molecule has 0 bridgehead atoms. The standard InChI is InChI=1S/C23H24ClN3O5S/c1-2-31-23(28)15-27-22-8-4-7-21(20(22)14-25-27)26-33(29,30)19-11-9-17(10-12-19)32-18-6-3-5-16(24)13-18/h3,5-6,9-14,21,26H,2,4,7-8,15H2,1H3. The highest BCUT2D eigenvalue weighted by Crippen LogP contribution is 2.31. The first kappa shape index (κ1) is 23.3. The number of halogens is 1. The van der Waals surface area contributed by atoms with Crippen molar-refractivity contribution in [3.63, 3.8) is 0 Å². The van der Waals surface area contributed by atoms with Crippen LogP contribution in [0.2, 0.25) is 5.02 Å². The maximum Gasteiger partial charge on any atom is 0.327 e. The van der Waals surface area contributed by atoms with E-state index in [1.807, 2.05) is 0 Å². The smallest absolute Gasteiger partial charge is 0.327 e. The van der Waals surface area contributed by atoms with Crippen LogP contribution in [0.1, 0.15) is 37.1 Å². The molecule has 2 aromatic carbocycles. The second-order valence-electron chi connectivity index (χ2n) is 7.61. The molecule has 0 spiro atoms. The van der Waals surface area contributed by atoms with E-state index in [4.69, 9.17) is 21.1 Å². The van der Waals surface area contributed by atoms with Gasteiger partial charge in [-0.3, -0.25) is 9.48 Å². The Labute approximate surface area is 197 Å². The fourth-order valence-electron chi connectivity index (χ4n) is 3.82. The molecule has 1 N–H and O–H groups in total. The average Bonchev–Trinajstić information content (AvgIpc) is 3.18. The number of ether oxygens (including phenoxy) is 2. The zero-order valence-electron chi connectivity index (χ0n) is 18.0. The van der Waals surface area contributed by atoms with Gasteiger partial charge in [0, 0.05) is 16.3 Å². The molecular weight excluding hydrogens is 466 g/mol. The number of fused-ring (bicyclic) bond motifs is 1. The van der Waals surface area contributed by atoms with E-state index >= 15 is 0 Å². The number of esters is 1. The molecule has 1 heterocycles. The number of benzene rings is 2. The molecule has 3 aromatic rings. The molecule has 1 aromatic heterocycles. The minimum atomic E-state index is -3.78. The van der Waals surface area contributed by atoms with E-state index in [0.717, 1.165) is 24.1 Å². The number of rotatable bonds is 8. The van der Waals surface area contributed by atoms with Gasteiger partial charge in [-0.1, -0.05) is 17.7 Å². The fraction of sp³-hybridized carbons (Fsp3) is 0.304. The van der Waals surface area contributed by atoms with Gasteiger partial charge in [0.1, 0.15) is 18.0 Å². The number of carbonyl (C=O) groups is 1. The van der Waals surface area contributed by atoms with Crippen LogP contribution in [0.25, 0.3) is 0 Å². The Morgan fingerprint density at radius 1 is 1.21 bits per heavy atom. The first-order valence-corrected chi connectivity index (χ1v) is 12.5. The molecule has 0 fully saturated rings. The van der Waals surface area contributed by atoms with Crippen molar-refractivity contribution >= 4 is 27.6 Å². The highest BCUT2D eigenvalue weighted by atomic mass is 35.5.